The van der Waals surface area contributed by atoms with Crippen molar-refractivity contribution in [3.05, 3.63) is 59.9 Å². The van der Waals surface area contributed by atoms with Crippen molar-refractivity contribution in [2.75, 3.05) is 7.11 Å². The van der Waals surface area contributed by atoms with E-state index in [-0.39, 0.29) is 6.04 Å². The molecule has 0 bridgehead atoms. The molecule has 0 saturated heterocycles. The average Bonchev–Trinajstić information content (AvgIpc) is 2.40. The summed E-state index contributed by atoms with van der Waals surface area (Å²) in [6.07, 6.45) is 4.39. The highest BCUT2D eigenvalue weighted by atomic mass is 16.5. The minimum absolute atomic E-state index is 0.0331. The van der Waals surface area contributed by atoms with Gasteiger partial charge in [0.05, 0.1) is 7.11 Å². The number of ether oxygens (including phenoxy) is 1. The zero-order valence-electron chi connectivity index (χ0n) is 9.84. The molecule has 17 heavy (non-hydrogen) atoms. The van der Waals surface area contributed by atoms with Crippen LogP contribution in [0.2, 0.25) is 0 Å². The van der Waals surface area contributed by atoms with Gasteiger partial charge < -0.3 is 10.5 Å². The highest BCUT2D eigenvalue weighted by molar-refractivity contribution is 5.31. The number of hydrogen-bond acceptors (Lipinski definition) is 3. The predicted molar refractivity (Wildman–Crippen MR) is 67.9 cm³/mol. The second-order valence-electron chi connectivity index (χ2n) is 3.95. The summed E-state index contributed by atoms with van der Waals surface area (Å²) in [5.74, 6) is 0.837. The lowest BCUT2D eigenvalue weighted by atomic mass is 10.0. The molecule has 0 amide bonds. The SMILES string of the molecule is COc1cccc(C(N)Cc2cccnc2)c1. The second kappa shape index (κ2) is 5.46. The van der Waals surface area contributed by atoms with E-state index < -0.39 is 0 Å². The first kappa shape index (κ1) is 11.6. The molecule has 2 rings (SSSR count). The van der Waals surface area contributed by atoms with Gasteiger partial charge in [0, 0.05) is 18.4 Å². The van der Waals surface area contributed by atoms with Gasteiger partial charge >= 0.3 is 0 Å². The van der Waals surface area contributed by atoms with Crippen molar-refractivity contribution in [1.29, 1.82) is 0 Å². The molecule has 0 aliphatic carbocycles. The number of nitrogens with two attached hydrogens (primary N) is 1. The van der Waals surface area contributed by atoms with Gasteiger partial charge in [-0.1, -0.05) is 18.2 Å². The van der Waals surface area contributed by atoms with Gasteiger partial charge in [-0.05, 0) is 35.7 Å². The smallest absolute Gasteiger partial charge is 0.119 e. The molecule has 0 aliphatic rings. The van der Waals surface area contributed by atoms with Crippen LogP contribution in [0.5, 0.6) is 5.75 Å². The van der Waals surface area contributed by atoms with Crippen LogP contribution in [0.25, 0.3) is 0 Å². The normalized spacial score (nSPS) is 12.1. The Bertz CT molecular complexity index is 471. The average molecular weight is 228 g/mol. The highest BCUT2D eigenvalue weighted by Gasteiger charge is 2.07. The molecule has 1 aromatic heterocycles. The molecule has 1 heterocycles. The van der Waals surface area contributed by atoms with Gasteiger partial charge in [-0.2, -0.15) is 0 Å². The van der Waals surface area contributed by atoms with Crippen LogP contribution in [0.3, 0.4) is 0 Å². The molecule has 0 aliphatic heterocycles. The van der Waals surface area contributed by atoms with E-state index in [1.807, 2.05) is 42.6 Å². The molecule has 1 atom stereocenters. The molecule has 88 valence electrons. The lowest BCUT2D eigenvalue weighted by molar-refractivity contribution is 0.414. The number of benzene rings is 1. The number of methoxy groups -OCH3 is 1. The fourth-order valence-electron chi connectivity index (χ4n) is 1.76. The summed E-state index contributed by atoms with van der Waals surface area (Å²) >= 11 is 0. The third kappa shape index (κ3) is 3.04. The maximum Gasteiger partial charge on any atom is 0.119 e. The first-order valence-corrected chi connectivity index (χ1v) is 5.58. The number of hydrogen-bond donors (Lipinski definition) is 1. The van der Waals surface area contributed by atoms with E-state index in [1.54, 1.807) is 13.3 Å². The molecule has 0 spiro atoms. The van der Waals surface area contributed by atoms with Gasteiger partial charge in [0.1, 0.15) is 5.75 Å². The third-order valence-electron chi connectivity index (χ3n) is 2.70. The number of aromatic nitrogens is 1. The van der Waals surface area contributed by atoms with Crippen LogP contribution in [0, 0.1) is 0 Å². The summed E-state index contributed by atoms with van der Waals surface area (Å²) < 4.78 is 5.19. The Morgan fingerprint density at radius 3 is 2.88 bits per heavy atom. The fourth-order valence-corrected chi connectivity index (χ4v) is 1.76. The molecule has 0 fully saturated rings. The Kier molecular flexibility index (Phi) is 3.73. The summed E-state index contributed by atoms with van der Waals surface area (Å²) in [6.45, 7) is 0. The Hall–Kier alpha value is -1.87. The van der Waals surface area contributed by atoms with Gasteiger partial charge in [0.15, 0.2) is 0 Å². The van der Waals surface area contributed by atoms with E-state index in [0.29, 0.717) is 0 Å². The van der Waals surface area contributed by atoms with Gasteiger partial charge in [0.2, 0.25) is 0 Å². The van der Waals surface area contributed by atoms with E-state index >= 15 is 0 Å². The van der Waals surface area contributed by atoms with Crippen molar-refractivity contribution in [3.63, 3.8) is 0 Å². The Morgan fingerprint density at radius 2 is 2.18 bits per heavy atom. The lowest BCUT2D eigenvalue weighted by Crippen LogP contribution is -2.13. The molecular weight excluding hydrogens is 212 g/mol. The zero-order valence-corrected chi connectivity index (χ0v) is 9.84. The Morgan fingerprint density at radius 1 is 1.29 bits per heavy atom. The van der Waals surface area contributed by atoms with Gasteiger partial charge in [-0.3, -0.25) is 4.98 Å². The summed E-state index contributed by atoms with van der Waals surface area (Å²) in [5, 5.41) is 0. The molecule has 2 aromatic rings. The molecule has 3 nitrogen and oxygen atoms in total. The topological polar surface area (TPSA) is 48.1 Å². The third-order valence-corrected chi connectivity index (χ3v) is 2.70. The molecule has 2 N–H and O–H groups in total. The molecule has 3 heteroatoms. The van der Waals surface area contributed by atoms with E-state index in [2.05, 4.69) is 4.98 Å². The first-order chi connectivity index (χ1) is 8.29. The van der Waals surface area contributed by atoms with E-state index in [1.165, 1.54) is 0 Å². The maximum absolute atomic E-state index is 6.17. The van der Waals surface area contributed by atoms with Crippen molar-refractivity contribution in [2.45, 2.75) is 12.5 Å². The molecular formula is C14H16N2O. The van der Waals surface area contributed by atoms with Crippen LogP contribution < -0.4 is 10.5 Å². The fraction of sp³-hybridized carbons (Fsp3) is 0.214. The summed E-state index contributed by atoms with van der Waals surface area (Å²) in [7, 11) is 1.66. The summed E-state index contributed by atoms with van der Waals surface area (Å²) in [5.41, 5.74) is 8.39. The minimum Gasteiger partial charge on any atom is -0.497 e. The maximum atomic E-state index is 6.17. The summed E-state index contributed by atoms with van der Waals surface area (Å²) in [4.78, 5) is 4.08. The second-order valence-corrected chi connectivity index (χ2v) is 3.95. The number of pyridine rings is 1. The largest absolute Gasteiger partial charge is 0.497 e. The standard InChI is InChI=1S/C14H16N2O/c1-17-13-6-2-5-12(9-13)14(15)8-11-4-3-7-16-10-11/h2-7,9-10,14H,8,15H2,1H3. The van der Waals surface area contributed by atoms with Crippen LogP contribution in [0.1, 0.15) is 17.2 Å². The lowest BCUT2D eigenvalue weighted by Gasteiger charge is -2.12. The van der Waals surface area contributed by atoms with Crippen molar-refractivity contribution in [3.8, 4) is 5.75 Å². The van der Waals surface area contributed by atoms with Crippen LogP contribution in [0.15, 0.2) is 48.8 Å². The van der Waals surface area contributed by atoms with E-state index in [0.717, 1.165) is 23.3 Å². The van der Waals surface area contributed by atoms with Crippen molar-refractivity contribution in [2.24, 2.45) is 5.73 Å². The van der Waals surface area contributed by atoms with Crippen LogP contribution >= 0.6 is 0 Å². The predicted octanol–water partition coefficient (Wildman–Crippen LogP) is 2.33. The minimum atomic E-state index is -0.0331. The van der Waals surface area contributed by atoms with Crippen LogP contribution in [-0.2, 0) is 6.42 Å². The van der Waals surface area contributed by atoms with Crippen LogP contribution in [-0.4, -0.2) is 12.1 Å². The molecule has 1 unspecified atom stereocenters. The van der Waals surface area contributed by atoms with E-state index in [4.69, 9.17) is 10.5 Å². The summed E-state index contributed by atoms with van der Waals surface area (Å²) in [6, 6.07) is 11.8. The molecule has 1 aromatic carbocycles. The van der Waals surface area contributed by atoms with Gasteiger partial charge in [0.25, 0.3) is 0 Å². The van der Waals surface area contributed by atoms with Crippen molar-refractivity contribution in [1.82, 2.24) is 4.98 Å². The zero-order chi connectivity index (χ0) is 12.1. The van der Waals surface area contributed by atoms with Gasteiger partial charge in [-0.15, -0.1) is 0 Å². The number of nitrogens with zero attached hydrogens (tertiary/aromatic N) is 1. The monoisotopic (exact) mass is 228 g/mol. The van der Waals surface area contributed by atoms with Gasteiger partial charge in [-0.25, -0.2) is 0 Å². The van der Waals surface area contributed by atoms with Crippen LogP contribution in [0.4, 0.5) is 0 Å². The Balaban J connectivity index is 2.11. The Labute approximate surface area is 101 Å². The van der Waals surface area contributed by atoms with Crippen molar-refractivity contribution < 1.29 is 4.74 Å². The quantitative estimate of drug-likeness (QED) is 0.873. The first-order valence-electron chi connectivity index (χ1n) is 5.58. The highest BCUT2D eigenvalue weighted by Crippen LogP contribution is 2.20. The number of rotatable bonds is 4. The molecule has 0 radical (unpaired) electrons. The van der Waals surface area contributed by atoms with E-state index in [9.17, 15) is 0 Å². The van der Waals surface area contributed by atoms with Crippen molar-refractivity contribution >= 4 is 0 Å². The molecule has 0 saturated carbocycles.